The van der Waals surface area contributed by atoms with E-state index in [1.54, 1.807) is 13.0 Å². The van der Waals surface area contributed by atoms with Gasteiger partial charge in [-0.3, -0.25) is 9.10 Å². The molecule has 28 heavy (non-hydrogen) atoms. The van der Waals surface area contributed by atoms with Gasteiger partial charge in [-0.15, -0.1) is 0 Å². The summed E-state index contributed by atoms with van der Waals surface area (Å²) in [6.45, 7) is 5.60. The molecule has 0 aliphatic rings. The number of amides is 1. The van der Waals surface area contributed by atoms with Gasteiger partial charge in [0.05, 0.1) is 18.0 Å². The van der Waals surface area contributed by atoms with Crippen LogP contribution < -0.4 is 9.62 Å². The molecule has 2 aromatic carbocycles. The van der Waals surface area contributed by atoms with Gasteiger partial charge >= 0.3 is 0 Å². The van der Waals surface area contributed by atoms with Gasteiger partial charge in [0.2, 0.25) is 15.9 Å². The van der Waals surface area contributed by atoms with Crippen molar-refractivity contribution in [3.63, 3.8) is 0 Å². The highest BCUT2D eigenvalue weighted by molar-refractivity contribution is 7.92. The van der Waals surface area contributed by atoms with E-state index in [-0.39, 0.29) is 18.2 Å². The fraction of sp³-hybridized carbons (Fsp3) is 0.381. The van der Waals surface area contributed by atoms with Crippen LogP contribution in [0.4, 0.5) is 10.1 Å². The molecule has 0 saturated carbocycles. The number of aryl methyl sites for hydroxylation is 1. The Bertz CT molecular complexity index is 914. The maximum Gasteiger partial charge on any atom is 0.244 e. The Morgan fingerprint density at radius 3 is 2.21 bits per heavy atom. The summed E-state index contributed by atoms with van der Waals surface area (Å²) in [5.74, 6) is -1.16. The maximum absolute atomic E-state index is 14.3. The van der Waals surface area contributed by atoms with Crippen LogP contribution in [-0.2, 0) is 21.2 Å². The number of rotatable bonds is 8. The minimum absolute atomic E-state index is 0.132. The van der Waals surface area contributed by atoms with E-state index in [1.807, 2.05) is 31.2 Å². The van der Waals surface area contributed by atoms with Gasteiger partial charge in [-0.05, 0) is 43.0 Å². The molecule has 0 aliphatic carbocycles. The molecule has 152 valence electrons. The summed E-state index contributed by atoms with van der Waals surface area (Å²) in [6.07, 6.45) is 2.10. The number of carbonyl (C=O) groups is 1. The van der Waals surface area contributed by atoms with Crippen LogP contribution in [-0.4, -0.2) is 26.6 Å². The fourth-order valence-corrected chi connectivity index (χ4v) is 4.31. The zero-order valence-corrected chi connectivity index (χ0v) is 17.5. The van der Waals surface area contributed by atoms with E-state index in [0.717, 1.165) is 22.5 Å². The van der Waals surface area contributed by atoms with Crippen molar-refractivity contribution < 1.29 is 17.6 Å². The number of hydrogen-bond donors (Lipinski definition) is 1. The Balaban J connectivity index is 2.29. The number of nitrogens with one attached hydrogen (secondary N) is 1. The van der Waals surface area contributed by atoms with Crippen LogP contribution in [0.3, 0.4) is 0 Å². The summed E-state index contributed by atoms with van der Waals surface area (Å²) >= 11 is 0. The molecule has 0 spiro atoms. The molecule has 0 saturated heterocycles. The number of hydrogen-bond acceptors (Lipinski definition) is 3. The normalized spacial score (nSPS) is 13.6. The van der Waals surface area contributed by atoms with Gasteiger partial charge in [0.25, 0.3) is 0 Å². The summed E-state index contributed by atoms with van der Waals surface area (Å²) in [4.78, 5) is 12.9. The first-order chi connectivity index (χ1) is 13.2. The largest absolute Gasteiger partial charge is 0.348 e. The van der Waals surface area contributed by atoms with E-state index in [0.29, 0.717) is 0 Å². The average molecular weight is 407 g/mol. The van der Waals surface area contributed by atoms with Gasteiger partial charge in [-0.1, -0.05) is 50.2 Å². The summed E-state index contributed by atoms with van der Waals surface area (Å²) in [5, 5.41) is 2.86. The number of benzene rings is 2. The number of sulfonamides is 1. The molecule has 0 bridgehead atoms. The van der Waals surface area contributed by atoms with Crippen LogP contribution in [0.15, 0.2) is 48.5 Å². The van der Waals surface area contributed by atoms with Gasteiger partial charge in [-0.25, -0.2) is 12.8 Å². The van der Waals surface area contributed by atoms with E-state index in [2.05, 4.69) is 12.2 Å². The van der Waals surface area contributed by atoms with Crippen molar-refractivity contribution in [2.24, 2.45) is 0 Å². The van der Waals surface area contributed by atoms with Gasteiger partial charge in [0.15, 0.2) is 0 Å². The molecule has 5 nitrogen and oxygen atoms in total. The lowest BCUT2D eigenvalue weighted by Crippen LogP contribution is -2.50. The van der Waals surface area contributed by atoms with Crippen LogP contribution in [0.1, 0.15) is 44.4 Å². The lowest BCUT2D eigenvalue weighted by molar-refractivity contribution is -0.122. The van der Waals surface area contributed by atoms with Crippen molar-refractivity contribution in [2.45, 2.75) is 45.7 Å². The molecule has 7 heteroatoms. The average Bonchev–Trinajstić information content (AvgIpc) is 2.65. The van der Waals surface area contributed by atoms with E-state index < -0.39 is 27.8 Å². The van der Waals surface area contributed by atoms with Crippen LogP contribution in [0.25, 0.3) is 0 Å². The van der Waals surface area contributed by atoms with Crippen molar-refractivity contribution in [3.8, 4) is 0 Å². The van der Waals surface area contributed by atoms with Crippen molar-refractivity contribution in [3.05, 3.63) is 65.5 Å². The van der Waals surface area contributed by atoms with E-state index in [1.165, 1.54) is 23.8 Å². The quantitative estimate of drug-likeness (QED) is 0.725. The molecule has 0 aliphatic heterocycles. The Hall–Kier alpha value is -2.41. The van der Waals surface area contributed by atoms with Gasteiger partial charge in [0.1, 0.15) is 11.9 Å². The molecule has 1 amide bonds. The van der Waals surface area contributed by atoms with E-state index >= 15 is 0 Å². The second kappa shape index (κ2) is 9.19. The van der Waals surface area contributed by atoms with E-state index in [4.69, 9.17) is 0 Å². The van der Waals surface area contributed by atoms with Crippen LogP contribution in [0.2, 0.25) is 0 Å². The van der Waals surface area contributed by atoms with Gasteiger partial charge in [0, 0.05) is 0 Å². The van der Waals surface area contributed by atoms with Crippen molar-refractivity contribution >= 4 is 21.6 Å². The second-order valence-corrected chi connectivity index (χ2v) is 8.62. The first-order valence-electron chi connectivity index (χ1n) is 9.32. The fourth-order valence-electron chi connectivity index (χ4n) is 3.10. The predicted molar refractivity (Wildman–Crippen MR) is 110 cm³/mol. The lowest BCUT2D eigenvalue weighted by atomic mass is 10.0. The first-order valence-corrected chi connectivity index (χ1v) is 11.2. The number of nitrogens with zero attached hydrogens (tertiary/aromatic N) is 1. The third-order valence-electron chi connectivity index (χ3n) is 4.67. The van der Waals surface area contributed by atoms with E-state index in [9.17, 15) is 17.6 Å². The molecule has 1 N–H and O–H groups in total. The molecular weight excluding hydrogens is 379 g/mol. The molecule has 2 atom stereocenters. The third-order valence-corrected chi connectivity index (χ3v) is 5.83. The van der Waals surface area contributed by atoms with Gasteiger partial charge in [-0.2, -0.15) is 0 Å². The topological polar surface area (TPSA) is 66.5 Å². The highest BCUT2D eigenvalue weighted by atomic mass is 32.2. The highest BCUT2D eigenvalue weighted by Gasteiger charge is 2.33. The molecule has 0 heterocycles. The lowest BCUT2D eigenvalue weighted by Gasteiger charge is -2.31. The number of carbonyl (C=O) groups excluding carboxylic acids is 1. The molecule has 2 aromatic rings. The molecule has 0 aromatic heterocycles. The highest BCUT2D eigenvalue weighted by Crippen LogP contribution is 2.26. The minimum atomic E-state index is -3.87. The van der Waals surface area contributed by atoms with Crippen LogP contribution >= 0.6 is 0 Å². The second-order valence-electron chi connectivity index (χ2n) is 6.76. The molecule has 0 unspecified atom stereocenters. The Morgan fingerprint density at radius 1 is 1.11 bits per heavy atom. The zero-order chi connectivity index (χ0) is 20.9. The first kappa shape index (κ1) is 21.9. The monoisotopic (exact) mass is 406 g/mol. The Labute approximate surface area is 166 Å². The molecule has 0 radical (unpaired) electrons. The van der Waals surface area contributed by atoms with Gasteiger partial charge < -0.3 is 5.32 Å². The molecule has 2 rings (SSSR count). The summed E-state index contributed by atoms with van der Waals surface area (Å²) < 4.78 is 39.9. The number of para-hydroxylation sites is 1. The summed E-state index contributed by atoms with van der Waals surface area (Å²) in [7, 11) is -3.87. The van der Waals surface area contributed by atoms with Crippen molar-refractivity contribution in [1.29, 1.82) is 0 Å². The van der Waals surface area contributed by atoms with Crippen LogP contribution in [0, 0.1) is 5.82 Å². The van der Waals surface area contributed by atoms with Crippen molar-refractivity contribution in [1.82, 2.24) is 5.32 Å². The molecular formula is C21H27FN2O3S. The smallest absolute Gasteiger partial charge is 0.244 e. The standard InChI is InChI=1S/C21H27FN2O3S/c1-5-16-11-13-17(14-12-16)15(3)23-21(25)19(6-2)24(28(4,26)27)20-10-8-7-9-18(20)22/h7-15,19H,5-6H2,1-4H3,(H,23,25)/t15-,19+/m0/s1. The zero-order valence-electron chi connectivity index (χ0n) is 16.6. The number of halogens is 1. The third kappa shape index (κ3) is 5.10. The Morgan fingerprint density at radius 2 is 1.71 bits per heavy atom. The number of anilines is 1. The van der Waals surface area contributed by atoms with Crippen molar-refractivity contribution in [2.75, 3.05) is 10.6 Å². The minimum Gasteiger partial charge on any atom is -0.348 e. The SMILES string of the molecule is CCc1ccc([C@H](C)NC(=O)[C@@H](CC)N(c2ccccc2F)S(C)(=O)=O)cc1. The summed E-state index contributed by atoms with van der Waals surface area (Å²) in [5.41, 5.74) is 1.97. The summed E-state index contributed by atoms with van der Waals surface area (Å²) in [6, 6.07) is 12.1. The predicted octanol–water partition coefficient (Wildman–Crippen LogP) is 3.81. The molecule has 0 fully saturated rings. The Kier molecular flexibility index (Phi) is 7.18. The van der Waals surface area contributed by atoms with Crippen LogP contribution in [0.5, 0.6) is 0 Å². The maximum atomic E-state index is 14.3.